The number of hydrogen-bond acceptors (Lipinski definition) is 3. The molecule has 0 bridgehead atoms. The summed E-state index contributed by atoms with van der Waals surface area (Å²) in [4.78, 5) is 4.21. The predicted octanol–water partition coefficient (Wildman–Crippen LogP) is 2.82. The van der Waals surface area contributed by atoms with Crippen LogP contribution in [0, 0.1) is 6.92 Å². The minimum absolute atomic E-state index is 0.0410. The monoisotopic (exact) mass is 292 g/mol. The maximum absolute atomic E-state index is 5.98. The fraction of sp³-hybridized carbons (Fsp3) is 0.500. The minimum atomic E-state index is -0.0410. The summed E-state index contributed by atoms with van der Waals surface area (Å²) in [5, 5.41) is 3.11. The van der Waals surface area contributed by atoms with Gasteiger partial charge in [0, 0.05) is 24.3 Å². The van der Waals surface area contributed by atoms with Crippen LogP contribution in [0.2, 0.25) is 0 Å². The second-order valence-corrected chi connectivity index (χ2v) is 4.72. The molecule has 1 atom stereocenters. The number of anilines is 1. The normalized spacial score (nSPS) is 12.5. The van der Waals surface area contributed by atoms with E-state index in [2.05, 4.69) is 26.2 Å². The number of rotatable bonds is 5. The Kier molecular flexibility index (Phi) is 5.36. The van der Waals surface area contributed by atoms with Crippen LogP contribution in [-0.2, 0) is 4.74 Å². The van der Waals surface area contributed by atoms with Gasteiger partial charge in [-0.2, -0.15) is 0 Å². The van der Waals surface area contributed by atoms with Crippen molar-refractivity contribution >= 4 is 33.3 Å². The minimum Gasteiger partial charge on any atom is -0.383 e. The van der Waals surface area contributed by atoms with Gasteiger partial charge in [-0.1, -0.05) is 0 Å². The summed E-state index contributed by atoms with van der Waals surface area (Å²) >= 11 is 9.38. The maximum Gasteiger partial charge on any atom is 0.126 e. The van der Waals surface area contributed by atoms with E-state index in [0.717, 1.165) is 15.9 Å². The molecule has 5 heteroatoms. The van der Waals surface area contributed by atoms with Crippen molar-refractivity contribution in [2.45, 2.75) is 12.3 Å². The summed E-state index contributed by atoms with van der Waals surface area (Å²) in [6, 6.07) is 1.97. The van der Waals surface area contributed by atoms with Crippen LogP contribution >= 0.6 is 27.5 Å². The quantitative estimate of drug-likeness (QED) is 0.848. The molecule has 1 N–H and O–H groups in total. The van der Waals surface area contributed by atoms with E-state index in [1.165, 1.54) is 0 Å². The number of pyridine rings is 1. The highest BCUT2D eigenvalue weighted by Gasteiger charge is 2.04. The Morgan fingerprint density at radius 1 is 1.67 bits per heavy atom. The van der Waals surface area contributed by atoms with Crippen LogP contribution in [0.25, 0.3) is 0 Å². The first-order valence-electron chi connectivity index (χ1n) is 4.62. The van der Waals surface area contributed by atoms with E-state index < -0.39 is 0 Å². The summed E-state index contributed by atoms with van der Waals surface area (Å²) in [6.45, 7) is 3.19. The lowest BCUT2D eigenvalue weighted by atomic mass is 10.3. The van der Waals surface area contributed by atoms with Gasteiger partial charge in [0.2, 0.25) is 0 Å². The number of nitrogens with zero attached hydrogens (tertiary/aromatic N) is 1. The van der Waals surface area contributed by atoms with Crippen LogP contribution < -0.4 is 5.32 Å². The van der Waals surface area contributed by atoms with Gasteiger partial charge in [-0.3, -0.25) is 0 Å². The van der Waals surface area contributed by atoms with Crippen molar-refractivity contribution < 1.29 is 4.74 Å². The van der Waals surface area contributed by atoms with Crippen LogP contribution in [0.5, 0.6) is 0 Å². The topological polar surface area (TPSA) is 34.1 Å². The molecule has 0 amide bonds. The Morgan fingerprint density at radius 3 is 3.00 bits per heavy atom. The zero-order valence-corrected chi connectivity index (χ0v) is 11.1. The highest BCUT2D eigenvalue weighted by atomic mass is 79.9. The Balaban J connectivity index is 2.47. The molecule has 15 heavy (non-hydrogen) atoms. The van der Waals surface area contributed by atoms with Crippen molar-refractivity contribution in [1.82, 2.24) is 4.98 Å². The van der Waals surface area contributed by atoms with Crippen LogP contribution in [-0.4, -0.2) is 30.6 Å². The first-order valence-corrected chi connectivity index (χ1v) is 5.85. The SMILES string of the molecule is COCC(Cl)CNc1cc(C)c(Br)cn1. The molecule has 1 unspecified atom stereocenters. The van der Waals surface area contributed by atoms with Gasteiger partial charge in [-0.15, -0.1) is 11.6 Å². The zero-order valence-electron chi connectivity index (χ0n) is 8.76. The van der Waals surface area contributed by atoms with E-state index in [1.54, 1.807) is 13.3 Å². The molecule has 0 fully saturated rings. The Hall–Kier alpha value is -0.320. The van der Waals surface area contributed by atoms with Gasteiger partial charge in [-0.05, 0) is 34.5 Å². The fourth-order valence-corrected chi connectivity index (χ4v) is 1.51. The van der Waals surface area contributed by atoms with E-state index in [4.69, 9.17) is 16.3 Å². The average Bonchev–Trinajstić information content (AvgIpc) is 2.20. The van der Waals surface area contributed by atoms with E-state index >= 15 is 0 Å². The first-order chi connectivity index (χ1) is 7.13. The summed E-state index contributed by atoms with van der Waals surface area (Å²) < 4.78 is 5.94. The van der Waals surface area contributed by atoms with Crippen LogP contribution in [0.1, 0.15) is 5.56 Å². The molecule has 1 aromatic heterocycles. The van der Waals surface area contributed by atoms with E-state index in [-0.39, 0.29) is 5.38 Å². The number of methoxy groups -OCH3 is 1. The zero-order chi connectivity index (χ0) is 11.3. The van der Waals surface area contributed by atoms with Gasteiger partial charge in [-0.25, -0.2) is 4.98 Å². The molecule has 0 aliphatic carbocycles. The molecule has 0 aromatic carbocycles. The Morgan fingerprint density at radius 2 is 2.40 bits per heavy atom. The second-order valence-electron chi connectivity index (χ2n) is 3.25. The summed E-state index contributed by atoms with van der Waals surface area (Å²) in [7, 11) is 1.64. The van der Waals surface area contributed by atoms with Crippen molar-refractivity contribution in [3.8, 4) is 0 Å². The van der Waals surface area contributed by atoms with Crippen LogP contribution in [0.15, 0.2) is 16.7 Å². The Labute approximate surface area is 103 Å². The van der Waals surface area contributed by atoms with E-state index in [9.17, 15) is 0 Å². The van der Waals surface area contributed by atoms with Gasteiger partial charge in [0.15, 0.2) is 0 Å². The van der Waals surface area contributed by atoms with Gasteiger partial charge in [0.05, 0.1) is 12.0 Å². The van der Waals surface area contributed by atoms with Crippen molar-refractivity contribution in [2.24, 2.45) is 0 Å². The molecule has 0 radical (unpaired) electrons. The molecule has 1 heterocycles. The number of nitrogens with one attached hydrogen (secondary N) is 1. The molecule has 0 saturated carbocycles. The maximum atomic E-state index is 5.98. The number of hydrogen-bond donors (Lipinski definition) is 1. The van der Waals surface area contributed by atoms with Crippen LogP contribution in [0.4, 0.5) is 5.82 Å². The number of ether oxygens (including phenoxy) is 1. The number of alkyl halides is 1. The summed E-state index contributed by atoms with van der Waals surface area (Å²) in [5.74, 6) is 0.831. The lowest BCUT2D eigenvalue weighted by molar-refractivity contribution is 0.200. The first kappa shape index (κ1) is 12.7. The largest absolute Gasteiger partial charge is 0.383 e. The predicted molar refractivity (Wildman–Crippen MR) is 66.7 cm³/mol. The lowest BCUT2D eigenvalue weighted by Crippen LogP contribution is -2.19. The van der Waals surface area contributed by atoms with E-state index in [1.807, 2.05) is 13.0 Å². The Bertz CT molecular complexity index is 322. The van der Waals surface area contributed by atoms with Gasteiger partial charge >= 0.3 is 0 Å². The van der Waals surface area contributed by atoms with Gasteiger partial charge in [0.1, 0.15) is 5.82 Å². The fourth-order valence-electron chi connectivity index (χ4n) is 1.09. The third-order valence-corrected chi connectivity index (χ3v) is 3.01. The highest BCUT2D eigenvalue weighted by molar-refractivity contribution is 9.10. The molecule has 0 saturated heterocycles. The smallest absolute Gasteiger partial charge is 0.126 e. The summed E-state index contributed by atoms with van der Waals surface area (Å²) in [6.07, 6.45) is 1.78. The molecular weight excluding hydrogens is 279 g/mol. The molecule has 84 valence electrons. The highest BCUT2D eigenvalue weighted by Crippen LogP contribution is 2.17. The molecule has 0 aliphatic heterocycles. The molecule has 0 spiro atoms. The molecule has 1 rings (SSSR count). The second kappa shape index (κ2) is 6.30. The van der Waals surface area contributed by atoms with Gasteiger partial charge in [0.25, 0.3) is 0 Å². The summed E-state index contributed by atoms with van der Waals surface area (Å²) in [5.41, 5.74) is 1.14. The number of aryl methyl sites for hydroxylation is 1. The third-order valence-electron chi connectivity index (χ3n) is 1.90. The standard InChI is InChI=1S/C10H14BrClN2O/c1-7-3-10(14-5-9(7)11)13-4-8(12)6-15-2/h3,5,8H,4,6H2,1-2H3,(H,13,14). The number of halogens is 2. The van der Waals surface area contributed by atoms with Gasteiger partial charge < -0.3 is 10.1 Å². The van der Waals surface area contributed by atoms with E-state index in [0.29, 0.717) is 13.2 Å². The number of aromatic nitrogens is 1. The van der Waals surface area contributed by atoms with Crippen LogP contribution in [0.3, 0.4) is 0 Å². The lowest BCUT2D eigenvalue weighted by Gasteiger charge is -2.10. The molecule has 1 aromatic rings. The van der Waals surface area contributed by atoms with Crippen molar-refractivity contribution in [3.05, 3.63) is 22.3 Å². The van der Waals surface area contributed by atoms with Crippen molar-refractivity contribution in [2.75, 3.05) is 25.6 Å². The average molecular weight is 294 g/mol. The van der Waals surface area contributed by atoms with Crippen molar-refractivity contribution in [3.63, 3.8) is 0 Å². The molecular formula is C10H14BrClN2O. The molecule has 0 aliphatic rings. The van der Waals surface area contributed by atoms with Crippen molar-refractivity contribution in [1.29, 1.82) is 0 Å². The molecule has 3 nitrogen and oxygen atoms in total. The third kappa shape index (κ3) is 4.36.